The van der Waals surface area contributed by atoms with Crippen molar-refractivity contribution in [3.05, 3.63) is 46.7 Å². The first-order valence-electron chi connectivity index (χ1n) is 8.87. The van der Waals surface area contributed by atoms with Gasteiger partial charge in [0, 0.05) is 33.7 Å². The molecule has 1 aromatic heterocycles. The second kappa shape index (κ2) is 8.42. The Kier molecular flexibility index (Phi) is 6.17. The molecule has 1 fully saturated rings. The number of rotatable bonds is 6. The van der Waals surface area contributed by atoms with Gasteiger partial charge in [0.15, 0.2) is 5.69 Å². The van der Waals surface area contributed by atoms with Crippen LogP contribution in [-0.2, 0) is 16.6 Å². The van der Waals surface area contributed by atoms with E-state index in [0.29, 0.717) is 11.5 Å². The Bertz CT molecular complexity index is 975. The Hall–Kier alpha value is -2.23. The average Bonchev–Trinajstić information content (AvgIpc) is 3.21. The molecule has 1 amide bonds. The maximum atomic E-state index is 12.6. The third-order valence-corrected chi connectivity index (χ3v) is 6.70. The van der Waals surface area contributed by atoms with Gasteiger partial charge in [0.25, 0.3) is 5.91 Å². The van der Waals surface area contributed by atoms with Crippen LogP contribution in [0.2, 0.25) is 5.02 Å². The van der Waals surface area contributed by atoms with Crippen LogP contribution >= 0.6 is 11.6 Å². The van der Waals surface area contributed by atoms with Gasteiger partial charge in [0.1, 0.15) is 0 Å². The van der Waals surface area contributed by atoms with E-state index in [1.807, 2.05) is 4.90 Å². The van der Waals surface area contributed by atoms with Crippen molar-refractivity contribution in [3.8, 4) is 0 Å². The SMILES string of the molecule is CN(C)S(=O)(=O)c1ccccc1CNC(=O)c1nc(N2CCCC2)ncc1Cl. The molecule has 1 aromatic carbocycles. The van der Waals surface area contributed by atoms with Gasteiger partial charge in [-0.2, -0.15) is 0 Å². The van der Waals surface area contributed by atoms with Crippen molar-refractivity contribution in [1.82, 2.24) is 19.6 Å². The number of halogens is 1. The zero-order chi connectivity index (χ0) is 20.3. The molecule has 10 heteroatoms. The number of anilines is 1. The molecule has 0 aliphatic carbocycles. The summed E-state index contributed by atoms with van der Waals surface area (Å²) >= 11 is 6.12. The molecular weight excluding hydrogens is 402 g/mol. The van der Waals surface area contributed by atoms with Gasteiger partial charge in [-0.05, 0) is 24.5 Å². The summed E-state index contributed by atoms with van der Waals surface area (Å²) in [5.41, 5.74) is 0.556. The van der Waals surface area contributed by atoms with Gasteiger partial charge in [-0.1, -0.05) is 29.8 Å². The molecule has 150 valence electrons. The Morgan fingerprint density at radius 2 is 1.93 bits per heavy atom. The molecule has 0 atom stereocenters. The number of hydrogen-bond acceptors (Lipinski definition) is 6. The Morgan fingerprint density at radius 3 is 2.61 bits per heavy atom. The molecule has 2 aromatic rings. The molecule has 0 saturated carbocycles. The van der Waals surface area contributed by atoms with Crippen molar-refractivity contribution < 1.29 is 13.2 Å². The lowest BCUT2D eigenvalue weighted by Gasteiger charge is -2.17. The van der Waals surface area contributed by atoms with Crippen LogP contribution in [0.15, 0.2) is 35.4 Å². The van der Waals surface area contributed by atoms with Crippen LogP contribution in [-0.4, -0.2) is 55.8 Å². The Balaban J connectivity index is 1.79. The second-order valence-electron chi connectivity index (χ2n) is 6.64. The summed E-state index contributed by atoms with van der Waals surface area (Å²) in [5, 5.41) is 2.86. The number of carbonyl (C=O) groups excluding carboxylic acids is 1. The summed E-state index contributed by atoms with van der Waals surface area (Å²) in [6.45, 7) is 1.72. The molecule has 0 radical (unpaired) electrons. The highest BCUT2D eigenvalue weighted by Crippen LogP contribution is 2.21. The normalized spacial score (nSPS) is 14.5. The smallest absolute Gasteiger partial charge is 0.271 e. The number of aromatic nitrogens is 2. The summed E-state index contributed by atoms with van der Waals surface area (Å²) in [5.74, 6) is -0.00691. The van der Waals surface area contributed by atoms with Gasteiger partial charge in [0.05, 0.1) is 16.1 Å². The molecule has 8 nitrogen and oxygen atoms in total. The first-order valence-corrected chi connectivity index (χ1v) is 10.7. The predicted octanol–water partition coefficient (Wildman–Crippen LogP) is 1.91. The summed E-state index contributed by atoms with van der Waals surface area (Å²) in [7, 11) is -0.695. The molecule has 1 saturated heterocycles. The second-order valence-corrected chi connectivity index (χ2v) is 9.17. The molecule has 1 aliphatic rings. The van der Waals surface area contributed by atoms with Gasteiger partial charge >= 0.3 is 0 Å². The van der Waals surface area contributed by atoms with E-state index >= 15 is 0 Å². The minimum Gasteiger partial charge on any atom is -0.347 e. The van der Waals surface area contributed by atoms with Crippen molar-refractivity contribution in [2.24, 2.45) is 0 Å². The van der Waals surface area contributed by atoms with Crippen LogP contribution in [0.25, 0.3) is 0 Å². The molecule has 1 aliphatic heterocycles. The average molecular weight is 424 g/mol. The summed E-state index contributed by atoms with van der Waals surface area (Å²) in [4.78, 5) is 23.3. The topological polar surface area (TPSA) is 95.5 Å². The van der Waals surface area contributed by atoms with Crippen molar-refractivity contribution >= 4 is 33.5 Å². The number of nitrogens with zero attached hydrogens (tertiary/aromatic N) is 4. The highest BCUT2D eigenvalue weighted by molar-refractivity contribution is 7.89. The van der Waals surface area contributed by atoms with Gasteiger partial charge in [0.2, 0.25) is 16.0 Å². The first-order chi connectivity index (χ1) is 13.3. The third-order valence-electron chi connectivity index (χ3n) is 4.51. The molecule has 2 heterocycles. The maximum absolute atomic E-state index is 12.6. The van der Waals surface area contributed by atoms with Crippen LogP contribution in [0, 0.1) is 0 Å². The fourth-order valence-electron chi connectivity index (χ4n) is 2.94. The molecule has 0 unspecified atom stereocenters. The Labute approximate surface area is 169 Å². The van der Waals surface area contributed by atoms with E-state index in [9.17, 15) is 13.2 Å². The van der Waals surface area contributed by atoms with Crippen LogP contribution < -0.4 is 10.2 Å². The number of carbonyl (C=O) groups is 1. The van der Waals surface area contributed by atoms with E-state index < -0.39 is 15.9 Å². The monoisotopic (exact) mass is 423 g/mol. The summed E-state index contributed by atoms with van der Waals surface area (Å²) < 4.78 is 26.1. The van der Waals surface area contributed by atoms with Crippen molar-refractivity contribution in [2.75, 3.05) is 32.1 Å². The van der Waals surface area contributed by atoms with Crippen molar-refractivity contribution in [3.63, 3.8) is 0 Å². The van der Waals surface area contributed by atoms with Crippen molar-refractivity contribution in [1.29, 1.82) is 0 Å². The van der Waals surface area contributed by atoms with E-state index in [1.54, 1.807) is 18.2 Å². The quantitative estimate of drug-likeness (QED) is 0.762. The van der Waals surface area contributed by atoms with E-state index in [4.69, 9.17) is 11.6 Å². The highest BCUT2D eigenvalue weighted by atomic mass is 35.5. The highest BCUT2D eigenvalue weighted by Gasteiger charge is 2.22. The van der Waals surface area contributed by atoms with Gasteiger partial charge in [-0.3, -0.25) is 4.79 Å². The Morgan fingerprint density at radius 1 is 1.25 bits per heavy atom. The fourth-order valence-corrected chi connectivity index (χ4v) is 4.24. The lowest BCUT2D eigenvalue weighted by atomic mass is 10.2. The van der Waals surface area contributed by atoms with Crippen molar-refractivity contribution in [2.45, 2.75) is 24.3 Å². The number of nitrogens with one attached hydrogen (secondary N) is 1. The number of hydrogen-bond donors (Lipinski definition) is 1. The zero-order valence-corrected chi connectivity index (χ0v) is 17.3. The van der Waals surface area contributed by atoms with Crippen LogP contribution in [0.5, 0.6) is 0 Å². The fraction of sp³-hybridized carbons (Fsp3) is 0.389. The predicted molar refractivity (Wildman–Crippen MR) is 107 cm³/mol. The number of benzene rings is 1. The molecular formula is C18H22ClN5O3S. The minimum atomic E-state index is -3.62. The van der Waals surface area contributed by atoms with Gasteiger partial charge < -0.3 is 10.2 Å². The molecule has 28 heavy (non-hydrogen) atoms. The molecule has 3 rings (SSSR count). The lowest BCUT2D eigenvalue weighted by Crippen LogP contribution is -2.28. The third kappa shape index (κ3) is 4.26. The summed E-state index contributed by atoms with van der Waals surface area (Å²) in [6.07, 6.45) is 3.54. The van der Waals surface area contributed by atoms with Crippen LogP contribution in [0.4, 0.5) is 5.95 Å². The van der Waals surface area contributed by atoms with E-state index in [2.05, 4.69) is 15.3 Å². The number of amides is 1. The van der Waals surface area contributed by atoms with E-state index in [-0.39, 0.29) is 22.2 Å². The largest absolute Gasteiger partial charge is 0.347 e. The summed E-state index contributed by atoms with van der Waals surface area (Å²) in [6, 6.07) is 6.54. The minimum absolute atomic E-state index is 0.0292. The van der Waals surface area contributed by atoms with Crippen LogP contribution in [0.1, 0.15) is 28.9 Å². The first kappa shape index (κ1) is 20.5. The van der Waals surface area contributed by atoms with E-state index in [0.717, 1.165) is 30.2 Å². The number of sulfonamides is 1. The maximum Gasteiger partial charge on any atom is 0.271 e. The standard InChI is InChI=1S/C18H22ClN5O3S/c1-23(2)28(26,27)15-8-4-3-7-13(15)11-20-17(25)16-14(19)12-21-18(22-16)24-9-5-6-10-24/h3-4,7-8,12H,5-6,9-11H2,1-2H3,(H,20,25). The lowest BCUT2D eigenvalue weighted by molar-refractivity contribution is 0.0945. The molecule has 0 spiro atoms. The molecule has 0 bridgehead atoms. The van der Waals surface area contributed by atoms with E-state index in [1.165, 1.54) is 26.4 Å². The van der Waals surface area contributed by atoms with Gasteiger partial charge in [-0.15, -0.1) is 0 Å². The van der Waals surface area contributed by atoms with Crippen LogP contribution in [0.3, 0.4) is 0 Å². The van der Waals surface area contributed by atoms with Gasteiger partial charge in [-0.25, -0.2) is 22.7 Å². The molecule has 1 N–H and O–H groups in total. The zero-order valence-electron chi connectivity index (χ0n) is 15.7.